The predicted octanol–water partition coefficient (Wildman–Crippen LogP) is 9.86. The second kappa shape index (κ2) is 20.8. The van der Waals surface area contributed by atoms with Gasteiger partial charge in [-0.1, -0.05) is 103 Å². The molecule has 0 unspecified atom stereocenters. The second-order valence-corrected chi connectivity index (χ2v) is 22.4. The zero-order chi connectivity index (χ0) is 48.8. The number of hydrogen-bond acceptors (Lipinski definition) is 12. The molecule has 0 aliphatic carbocycles. The Morgan fingerprint density at radius 3 is 2.08 bits per heavy atom. The number of fused-ring (bicyclic) bond motifs is 6. The highest BCUT2D eigenvalue weighted by Gasteiger charge is 2.64. The number of ether oxygens (including phenoxy) is 12. The molecule has 12 heteroatoms. The van der Waals surface area contributed by atoms with Gasteiger partial charge in [0.2, 0.25) is 0 Å². The van der Waals surface area contributed by atoms with E-state index in [0.29, 0.717) is 58.5 Å². The van der Waals surface area contributed by atoms with Gasteiger partial charge in [0.15, 0.2) is 6.29 Å². The number of benzene rings is 3. The first kappa shape index (κ1) is 49.9. The van der Waals surface area contributed by atoms with Gasteiger partial charge in [0.05, 0.1) is 104 Å². The van der Waals surface area contributed by atoms with Crippen LogP contribution in [-0.2, 0) is 70.1 Å². The zero-order valence-electron chi connectivity index (χ0n) is 42.2. The Balaban J connectivity index is 0.750. The maximum Gasteiger partial charge on any atom is 0.184 e. The third-order valence-electron chi connectivity index (χ3n) is 17.1. The van der Waals surface area contributed by atoms with E-state index in [1.807, 2.05) is 66.7 Å². The van der Waals surface area contributed by atoms with Crippen molar-refractivity contribution in [3.63, 3.8) is 0 Å². The second-order valence-electron chi connectivity index (χ2n) is 22.4. The van der Waals surface area contributed by atoms with Crippen molar-refractivity contribution >= 4 is 0 Å². The third-order valence-corrected chi connectivity index (χ3v) is 17.1. The Morgan fingerprint density at radius 1 is 0.634 bits per heavy atom. The molecule has 12 nitrogen and oxygen atoms in total. The fourth-order valence-corrected chi connectivity index (χ4v) is 13.4. The lowest BCUT2D eigenvalue weighted by Crippen LogP contribution is -2.72. The molecule has 0 aromatic heterocycles. The fraction of sp³-hybridized carbons (Fsp3) is 0.627. The quantitative estimate of drug-likeness (QED) is 0.113. The van der Waals surface area contributed by atoms with Crippen molar-refractivity contribution in [2.75, 3.05) is 13.2 Å². The minimum Gasteiger partial charge on any atom is -0.377 e. The summed E-state index contributed by atoms with van der Waals surface area (Å²) >= 11 is 0. The Labute approximate surface area is 420 Å². The van der Waals surface area contributed by atoms with Crippen molar-refractivity contribution < 1.29 is 56.8 Å². The number of hydrogen-bond donors (Lipinski definition) is 0. The van der Waals surface area contributed by atoms with Gasteiger partial charge in [0, 0.05) is 50.7 Å². The first-order chi connectivity index (χ1) is 34.4. The highest BCUT2D eigenvalue weighted by atomic mass is 16.7. The van der Waals surface area contributed by atoms with Crippen LogP contribution in [0.25, 0.3) is 0 Å². The summed E-state index contributed by atoms with van der Waals surface area (Å²) in [5.41, 5.74) is 0.568. The van der Waals surface area contributed by atoms with E-state index in [-0.39, 0.29) is 79.4 Å². The highest BCUT2D eigenvalue weighted by Crippen LogP contribution is 2.53. The maximum absolute atomic E-state index is 7.38. The largest absolute Gasteiger partial charge is 0.377 e. The van der Waals surface area contributed by atoms with Crippen LogP contribution in [0.3, 0.4) is 0 Å². The molecule has 0 N–H and O–H groups in total. The van der Waals surface area contributed by atoms with E-state index in [1.165, 1.54) is 5.56 Å². The van der Waals surface area contributed by atoms with E-state index >= 15 is 0 Å². The SMILES string of the molecule is C=C[C@@H]1O[C@@H]2C[C@@H]3O[C@@H]4CO[C@@H](c5ccccc5)O[C@H]4CC[C@H]3O[C@@]2(C)C[C@@]1(C)O[C@@H]1C[C@H]2O[C@H]3C[C@H]4O[C@@H](CCCOCc5ccccc5)C[C@H](OCc5ccccc5)[C@]4(C)O[C@]3(C)C[C@@H]2O[C@@H]1C=C. The van der Waals surface area contributed by atoms with Gasteiger partial charge in [0.25, 0.3) is 0 Å². The van der Waals surface area contributed by atoms with E-state index in [4.69, 9.17) is 56.8 Å². The van der Waals surface area contributed by atoms with E-state index < -0.39 is 34.8 Å². The van der Waals surface area contributed by atoms with Crippen LogP contribution >= 0.6 is 0 Å². The molecule has 3 aromatic rings. The van der Waals surface area contributed by atoms with Crippen LogP contribution in [0.15, 0.2) is 116 Å². The zero-order valence-corrected chi connectivity index (χ0v) is 42.2. The Kier molecular flexibility index (Phi) is 14.6. The van der Waals surface area contributed by atoms with Crippen LogP contribution in [0.1, 0.15) is 115 Å². The fourth-order valence-electron chi connectivity index (χ4n) is 13.4. The van der Waals surface area contributed by atoms with Crippen LogP contribution in [0.4, 0.5) is 0 Å². The van der Waals surface area contributed by atoms with E-state index in [2.05, 4.69) is 77.3 Å². The summed E-state index contributed by atoms with van der Waals surface area (Å²) < 4.78 is 82.5. The molecule has 71 heavy (non-hydrogen) atoms. The van der Waals surface area contributed by atoms with Gasteiger partial charge in [-0.25, -0.2) is 0 Å². The van der Waals surface area contributed by atoms with Crippen LogP contribution in [0.2, 0.25) is 0 Å². The maximum atomic E-state index is 7.38. The summed E-state index contributed by atoms with van der Waals surface area (Å²) in [5, 5.41) is 0. The average molecular weight is 977 g/mol. The summed E-state index contributed by atoms with van der Waals surface area (Å²) in [5.74, 6) is 0. The minimum absolute atomic E-state index is 0.00467. The predicted molar refractivity (Wildman–Crippen MR) is 265 cm³/mol. The van der Waals surface area contributed by atoms with E-state index in [9.17, 15) is 0 Å². The normalized spacial score (nSPS) is 44.0. The molecule has 8 aliphatic rings. The van der Waals surface area contributed by atoms with Crippen molar-refractivity contribution in [1.29, 1.82) is 0 Å². The molecule has 3 aromatic carbocycles. The van der Waals surface area contributed by atoms with Crippen molar-refractivity contribution in [3.05, 3.63) is 133 Å². The monoisotopic (exact) mass is 977 g/mol. The van der Waals surface area contributed by atoms with Crippen LogP contribution in [0, 0.1) is 0 Å². The molecule has 0 bridgehead atoms. The third kappa shape index (κ3) is 10.3. The molecule has 8 saturated heterocycles. The number of rotatable bonds is 14. The highest BCUT2D eigenvalue weighted by molar-refractivity contribution is 5.19. The van der Waals surface area contributed by atoms with Crippen molar-refractivity contribution in [2.24, 2.45) is 0 Å². The van der Waals surface area contributed by atoms with Gasteiger partial charge in [-0.05, 0) is 64.5 Å². The van der Waals surface area contributed by atoms with Crippen molar-refractivity contribution in [3.8, 4) is 0 Å². The summed E-state index contributed by atoms with van der Waals surface area (Å²) in [6, 6.07) is 30.8. The minimum atomic E-state index is -0.785. The Hall–Kier alpha value is -3.34. The molecule has 0 amide bonds. The molecule has 0 saturated carbocycles. The lowest BCUT2D eigenvalue weighted by molar-refractivity contribution is -0.373. The lowest BCUT2D eigenvalue weighted by atomic mass is 9.72. The van der Waals surface area contributed by atoms with E-state index in [1.54, 1.807) is 0 Å². The molecule has 11 rings (SSSR count). The first-order valence-electron chi connectivity index (χ1n) is 26.6. The van der Waals surface area contributed by atoms with Gasteiger partial charge in [-0.2, -0.15) is 0 Å². The molecule has 384 valence electrons. The first-order valence-corrected chi connectivity index (χ1v) is 26.6. The van der Waals surface area contributed by atoms with Gasteiger partial charge in [0.1, 0.15) is 23.9 Å². The molecular weight excluding hydrogens is 901 g/mol. The molecule has 0 spiro atoms. The Morgan fingerprint density at radius 2 is 1.34 bits per heavy atom. The van der Waals surface area contributed by atoms with Gasteiger partial charge in [-0.3, -0.25) is 0 Å². The standard InChI is InChI=1S/C59H76O12/c1-7-42-47(70-57(4)37-58(5)51(68-50(57)8-2)31-46-44(69-58)27-26-43-49(65-46)36-62-55(67-43)40-23-16-11-17-24-40)30-45-48(64-42)33-56(3)52(66-45)32-54-59(6,71-56)53(61-35-39-21-14-10-15-22-39)29-41(63-54)25-18-28-60-34-38-19-12-9-13-20-38/h7-17,19-24,41-55H,1-2,18,25-37H2,3-6H3/t41-,42+,43-,44+,45+,46-,47+,48-,49+,50-,51+,52-,53-,54+,55+,56+,57+,58-,59-/m0/s1. The molecular formula is C59H76O12. The topological polar surface area (TPSA) is 111 Å². The molecule has 0 radical (unpaired) electrons. The van der Waals surface area contributed by atoms with Crippen molar-refractivity contribution in [2.45, 2.75) is 219 Å². The van der Waals surface area contributed by atoms with Gasteiger partial charge >= 0.3 is 0 Å². The summed E-state index contributed by atoms with van der Waals surface area (Å²) in [7, 11) is 0. The summed E-state index contributed by atoms with van der Waals surface area (Å²) in [6.07, 6.45) is 7.74. The van der Waals surface area contributed by atoms with E-state index in [0.717, 1.165) is 43.2 Å². The molecule has 8 fully saturated rings. The summed E-state index contributed by atoms with van der Waals surface area (Å²) in [4.78, 5) is 0. The van der Waals surface area contributed by atoms with Gasteiger partial charge in [-0.15, -0.1) is 13.2 Å². The van der Waals surface area contributed by atoms with Gasteiger partial charge < -0.3 is 56.8 Å². The summed E-state index contributed by atoms with van der Waals surface area (Å²) in [6.45, 7) is 19.4. The van der Waals surface area contributed by atoms with Crippen LogP contribution in [-0.4, -0.2) is 121 Å². The molecule has 8 heterocycles. The van der Waals surface area contributed by atoms with Crippen LogP contribution < -0.4 is 0 Å². The van der Waals surface area contributed by atoms with Crippen molar-refractivity contribution in [1.82, 2.24) is 0 Å². The average Bonchev–Trinajstić information content (AvgIpc) is 3.54. The van der Waals surface area contributed by atoms with Crippen LogP contribution in [0.5, 0.6) is 0 Å². The molecule has 19 atom stereocenters. The smallest absolute Gasteiger partial charge is 0.184 e. The molecule has 8 aliphatic heterocycles. The Bertz CT molecular complexity index is 2250. The lowest BCUT2D eigenvalue weighted by Gasteiger charge is -2.62.